The molecular formula is C14H14BrN3O2. The molecule has 2 rings (SSSR count). The van der Waals surface area contributed by atoms with Gasteiger partial charge >= 0.3 is 5.97 Å². The first-order chi connectivity index (χ1) is 9.38. The van der Waals surface area contributed by atoms with Crippen LogP contribution in [0.25, 0.3) is 0 Å². The lowest BCUT2D eigenvalue weighted by molar-refractivity contribution is 0.0695. The van der Waals surface area contributed by atoms with Crippen LogP contribution in [-0.2, 0) is 0 Å². The van der Waals surface area contributed by atoms with Gasteiger partial charge in [0.25, 0.3) is 0 Å². The number of aromatic nitrogens is 2. The van der Waals surface area contributed by atoms with Gasteiger partial charge in [-0.15, -0.1) is 0 Å². The number of hydrogen-bond donors (Lipinski definition) is 2. The first kappa shape index (κ1) is 14.5. The summed E-state index contributed by atoms with van der Waals surface area (Å²) in [6.07, 6.45) is 1.32. The van der Waals surface area contributed by atoms with E-state index in [9.17, 15) is 4.79 Å². The summed E-state index contributed by atoms with van der Waals surface area (Å²) in [5, 5.41) is 12.1. The Morgan fingerprint density at radius 3 is 2.35 bits per heavy atom. The predicted octanol–water partition coefficient (Wildman–Crippen LogP) is 3.61. The number of carboxylic acids is 1. The van der Waals surface area contributed by atoms with Crippen LogP contribution in [0.2, 0.25) is 0 Å². The van der Waals surface area contributed by atoms with Crippen molar-refractivity contribution >= 4 is 33.5 Å². The largest absolute Gasteiger partial charge is 0.478 e. The summed E-state index contributed by atoms with van der Waals surface area (Å²) in [6.45, 7) is 5.62. The van der Waals surface area contributed by atoms with E-state index < -0.39 is 5.97 Å². The molecule has 104 valence electrons. The lowest BCUT2D eigenvalue weighted by Gasteiger charge is -2.12. The van der Waals surface area contributed by atoms with Gasteiger partial charge < -0.3 is 10.4 Å². The second kappa shape index (κ2) is 5.58. The molecule has 0 unspecified atom stereocenters. The number of carboxylic acid groups (broad SMARTS) is 1. The highest BCUT2D eigenvalue weighted by Gasteiger charge is 2.11. The van der Waals surface area contributed by atoms with E-state index in [0.717, 1.165) is 21.3 Å². The average molecular weight is 336 g/mol. The number of rotatable bonds is 3. The molecule has 5 nitrogen and oxygen atoms in total. The predicted molar refractivity (Wildman–Crippen MR) is 80.6 cm³/mol. The van der Waals surface area contributed by atoms with Gasteiger partial charge in [0.05, 0.1) is 11.3 Å². The molecule has 0 fully saturated rings. The van der Waals surface area contributed by atoms with E-state index >= 15 is 0 Å². The molecule has 6 heteroatoms. The van der Waals surface area contributed by atoms with E-state index in [1.807, 2.05) is 26.0 Å². The summed E-state index contributed by atoms with van der Waals surface area (Å²) in [5.41, 5.74) is 3.58. The highest BCUT2D eigenvalue weighted by molar-refractivity contribution is 9.10. The van der Waals surface area contributed by atoms with Crippen LogP contribution in [0, 0.1) is 20.8 Å². The van der Waals surface area contributed by atoms with Gasteiger partial charge in [-0.2, -0.15) is 0 Å². The summed E-state index contributed by atoms with van der Waals surface area (Å²) in [6, 6.07) is 3.99. The molecule has 0 aliphatic carbocycles. The summed E-state index contributed by atoms with van der Waals surface area (Å²) < 4.78 is 1.01. The SMILES string of the molecule is Cc1cc(Br)cc(C)c1Nc1ncc(C(=O)O)c(C)n1. The Balaban J connectivity index is 2.36. The first-order valence-corrected chi connectivity index (χ1v) is 6.78. The maximum absolute atomic E-state index is 10.9. The van der Waals surface area contributed by atoms with Gasteiger partial charge in [0.15, 0.2) is 0 Å². The van der Waals surface area contributed by atoms with Crippen molar-refractivity contribution in [1.82, 2.24) is 9.97 Å². The highest BCUT2D eigenvalue weighted by atomic mass is 79.9. The van der Waals surface area contributed by atoms with Crippen LogP contribution in [0.15, 0.2) is 22.8 Å². The molecule has 0 saturated carbocycles. The van der Waals surface area contributed by atoms with Crippen LogP contribution in [0.1, 0.15) is 27.2 Å². The fourth-order valence-corrected chi connectivity index (χ4v) is 2.64. The second-order valence-electron chi connectivity index (χ2n) is 4.54. The Bertz CT molecular complexity index is 663. The van der Waals surface area contributed by atoms with Crippen molar-refractivity contribution in [2.45, 2.75) is 20.8 Å². The van der Waals surface area contributed by atoms with Crippen LogP contribution in [0.3, 0.4) is 0 Å². The molecule has 0 amide bonds. The van der Waals surface area contributed by atoms with Crippen LogP contribution in [0.5, 0.6) is 0 Å². The fourth-order valence-electron chi connectivity index (χ4n) is 1.96. The summed E-state index contributed by atoms with van der Waals surface area (Å²) in [5.74, 6) is -0.633. The third-order valence-corrected chi connectivity index (χ3v) is 3.40. The van der Waals surface area contributed by atoms with E-state index in [-0.39, 0.29) is 5.56 Å². The van der Waals surface area contributed by atoms with Crippen molar-refractivity contribution in [1.29, 1.82) is 0 Å². The fraction of sp³-hybridized carbons (Fsp3) is 0.214. The van der Waals surface area contributed by atoms with Gasteiger partial charge in [-0.3, -0.25) is 0 Å². The maximum atomic E-state index is 10.9. The number of benzene rings is 1. The first-order valence-electron chi connectivity index (χ1n) is 5.99. The molecule has 0 atom stereocenters. The maximum Gasteiger partial charge on any atom is 0.339 e. The summed E-state index contributed by atoms with van der Waals surface area (Å²) in [7, 11) is 0. The van der Waals surface area contributed by atoms with E-state index in [1.165, 1.54) is 6.20 Å². The zero-order chi connectivity index (χ0) is 14.9. The van der Waals surface area contributed by atoms with Crippen LogP contribution >= 0.6 is 15.9 Å². The molecule has 2 N–H and O–H groups in total. The third kappa shape index (κ3) is 2.96. The Hall–Kier alpha value is -1.95. The van der Waals surface area contributed by atoms with Crippen molar-refractivity contribution in [2.24, 2.45) is 0 Å². The van der Waals surface area contributed by atoms with E-state index in [1.54, 1.807) is 6.92 Å². The monoisotopic (exact) mass is 335 g/mol. The molecule has 0 aliphatic rings. The molecule has 0 radical (unpaired) electrons. The molecule has 1 heterocycles. The smallest absolute Gasteiger partial charge is 0.339 e. The van der Waals surface area contributed by atoms with Gasteiger partial charge in [0.1, 0.15) is 0 Å². The molecular weight excluding hydrogens is 322 g/mol. The zero-order valence-electron chi connectivity index (χ0n) is 11.4. The number of nitrogens with zero attached hydrogens (tertiary/aromatic N) is 2. The van der Waals surface area contributed by atoms with Crippen molar-refractivity contribution in [3.05, 3.63) is 45.2 Å². The number of halogens is 1. The van der Waals surface area contributed by atoms with Crippen LogP contribution in [-0.4, -0.2) is 21.0 Å². The lowest BCUT2D eigenvalue weighted by atomic mass is 10.1. The molecule has 1 aromatic heterocycles. The Morgan fingerprint density at radius 1 is 1.25 bits per heavy atom. The minimum absolute atomic E-state index is 0.111. The molecule has 0 saturated heterocycles. The van der Waals surface area contributed by atoms with Crippen LogP contribution in [0.4, 0.5) is 11.6 Å². The van der Waals surface area contributed by atoms with Gasteiger partial charge in [0.2, 0.25) is 5.95 Å². The van der Waals surface area contributed by atoms with E-state index in [4.69, 9.17) is 5.11 Å². The molecule has 0 bridgehead atoms. The van der Waals surface area contributed by atoms with Crippen molar-refractivity contribution in [3.8, 4) is 0 Å². The lowest BCUT2D eigenvalue weighted by Crippen LogP contribution is -2.07. The molecule has 1 aromatic carbocycles. The summed E-state index contributed by atoms with van der Waals surface area (Å²) >= 11 is 3.45. The minimum Gasteiger partial charge on any atom is -0.478 e. The number of hydrogen-bond acceptors (Lipinski definition) is 4. The topological polar surface area (TPSA) is 75.1 Å². The zero-order valence-corrected chi connectivity index (χ0v) is 12.9. The molecule has 2 aromatic rings. The van der Waals surface area contributed by atoms with Gasteiger partial charge in [-0.25, -0.2) is 14.8 Å². The number of nitrogens with one attached hydrogen (secondary N) is 1. The normalized spacial score (nSPS) is 10.4. The van der Waals surface area contributed by atoms with E-state index in [2.05, 4.69) is 31.2 Å². The average Bonchev–Trinajstić information content (AvgIpc) is 2.33. The Kier molecular flexibility index (Phi) is 4.04. The molecule has 0 aliphatic heterocycles. The Morgan fingerprint density at radius 2 is 1.85 bits per heavy atom. The number of aromatic carboxylic acids is 1. The van der Waals surface area contributed by atoms with Crippen molar-refractivity contribution in [3.63, 3.8) is 0 Å². The highest BCUT2D eigenvalue weighted by Crippen LogP contribution is 2.27. The van der Waals surface area contributed by atoms with Gasteiger partial charge in [-0.05, 0) is 44.0 Å². The van der Waals surface area contributed by atoms with Crippen molar-refractivity contribution in [2.75, 3.05) is 5.32 Å². The van der Waals surface area contributed by atoms with Crippen molar-refractivity contribution < 1.29 is 9.90 Å². The number of anilines is 2. The quantitative estimate of drug-likeness (QED) is 0.896. The van der Waals surface area contributed by atoms with Gasteiger partial charge in [0, 0.05) is 16.4 Å². The van der Waals surface area contributed by atoms with E-state index in [0.29, 0.717) is 11.6 Å². The standard InChI is InChI=1S/C14H14BrN3O2/c1-7-4-10(15)5-8(2)12(7)18-14-16-6-11(13(19)20)9(3)17-14/h4-6H,1-3H3,(H,19,20)(H,16,17,18). The number of aryl methyl sites for hydroxylation is 3. The third-order valence-electron chi connectivity index (χ3n) is 2.94. The number of carbonyl (C=O) groups is 1. The molecule has 20 heavy (non-hydrogen) atoms. The minimum atomic E-state index is -1.02. The second-order valence-corrected chi connectivity index (χ2v) is 5.45. The van der Waals surface area contributed by atoms with Gasteiger partial charge in [-0.1, -0.05) is 15.9 Å². The Labute approximate surface area is 125 Å². The van der Waals surface area contributed by atoms with Crippen LogP contribution < -0.4 is 5.32 Å². The summed E-state index contributed by atoms with van der Waals surface area (Å²) in [4.78, 5) is 19.2. The molecule has 0 spiro atoms.